The number of aliphatic carboxylic acids is 1. The first-order chi connectivity index (χ1) is 16.4. The molecule has 1 fully saturated rings. The van der Waals surface area contributed by atoms with Gasteiger partial charge < -0.3 is 14.9 Å². The Kier molecular flexibility index (Phi) is 7.61. The zero-order valence-electron chi connectivity index (χ0n) is 18.6. The minimum Gasteiger partial charge on any atom is -0.481 e. The molecular weight excluding hydrogens is 472 g/mol. The second kappa shape index (κ2) is 10.6. The van der Waals surface area contributed by atoms with Crippen molar-refractivity contribution in [1.82, 2.24) is 0 Å². The van der Waals surface area contributed by atoms with Gasteiger partial charge in [-0.25, -0.2) is 4.79 Å². The smallest absolute Gasteiger partial charge is 0.338 e. The predicted octanol–water partition coefficient (Wildman–Crippen LogP) is 6.10. The molecule has 0 aromatic heterocycles. The van der Waals surface area contributed by atoms with Crippen molar-refractivity contribution in [3.63, 3.8) is 0 Å². The number of aliphatic hydroxyl groups is 1. The van der Waals surface area contributed by atoms with E-state index in [0.29, 0.717) is 33.9 Å². The molecule has 1 aliphatic carbocycles. The number of ether oxygens (including phenoxy) is 1. The first-order valence-corrected chi connectivity index (χ1v) is 12.3. The van der Waals surface area contributed by atoms with Crippen molar-refractivity contribution < 1.29 is 24.5 Å². The molecule has 4 rings (SSSR count). The van der Waals surface area contributed by atoms with Crippen LogP contribution in [-0.2, 0) is 9.53 Å². The van der Waals surface area contributed by atoms with E-state index in [-0.39, 0.29) is 5.25 Å². The van der Waals surface area contributed by atoms with Gasteiger partial charge in [0.15, 0.2) is 0 Å². The van der Waals surface area contributed by atoms with Crippen molar-refractivity contribution in [2.45, 2.75) is 29.1 Å². The molecule has 7 heteroatoms. The Morgan fingerprint density at radius 1 is 0.971 bits per heavy atom. The molecule has 3 aromatic rings. The third-order valence-corrected chi connectivity index (χ3v) is 8.03. The number of halogens is 1. The molecule has 0 bridgehead atoms. The number of rotatable bonds is 7. The average molecular weight is 497 g/mol. The fraction of sp³-hybridized carbons (Fsp3) is 0.259. The maximum absolute atomic E-state index is 12.3. The van der Waals surface area contributed by atoms with E-state index < -0.39 is 29.9 Å². The average Bonchev–Trinajstić information content (AvgIpc) is 3.28. The van der Waals surface area contributed by atoms with E-state index in [9.17, 15) is 19.8 Å². The first kappa shape index (κ1) is 24.3. The molecule has 1 saturated carbocycles. The Labute approximate surface area is 207 Å². The van der Waals surface area contributed by atoms with Crippen molar-refractivity contribution in [2.24, 2.45) is 11.8 Å². The van der Waals surface area contributed by atoms with Crippen LogP contribution in [0.2, 0.25) is 5.02 Å². The molecule has 176 valence electrons. The number of hydrogen-bond acceptors (Lipinski definition) is 5. The van der Waals surface area contributed by atoms with Crippen LogP contribution in [0.4, 0.5) is 0 Å². The molecule has 0 amide bonds. The predicted molar refractivity (Wildman–Crippen MR) is 133 cm³/mol. The van der Waals surface area contributed by atoms with Crippen LogP contribution in [0.1, 0.15) is 34.9 Å². The summed E-state index contributed by atoms with van der Waals surface area (Å²) in [7, 11) is 1.32. The van der Waals surface area contributed by atoms with Crippen molar-refractivity contribution in [2.75, 3.05) is 7.11 Å². The summed E-state index contributed by atoms with van der Waals surface area (Å²) in [5, 5.41) is 21.6. The summed E-state index contributed by atoms with van der Waals surface area (Å²) in [5.41, 5.74) is 3.10. The minimum atomic E-state index is -0.938. The highest BCUT2D eigenvalue weighted by Crippen LogP contribution is 2.48. The third kappa shape index (κ3) is 5.14. The number of benzene rings is 3. The molecule has 0 aliphatic heterocycles. The molecule has 2 N–H and O–H groups in total. The van der Waals surface area contributed by atoms with Crippen LogP contribution in [0.3, 0.4) is 0 Å². The van der Waals surface area contributed by atoms with Gasteiger partial charge in [0, 0.05) is 21.1 Å². The fourth-order valence-electron chi connectivity index (χ4n) is 4.59. The van der Waals surface area contributed by atoms with Crippen LogP contribution in [-0.4, -0.2) is 34.5 Å². The monoisotopic (exact) mass is 496 g/mol. The van der Waals surface area contributed by atoms with Gasteiger partial charge in [0.1, 0.15) is 0 Å². The van der Waals surface area contributed by atoms with Crippen LogP contribution in [0.5, 0.6) is 0 Å². The molecule has 0 spiro atoms. The van der Waals surface area contributed by atoms with Gasteiger partial charge in [-0.15, -0.1) is 11.8 Å². The summed E-state index contributed by atoms with van der Waals surface area (Å²) < 4.78 is 4.87. The van der Waals surface area contributed by atoms with Crippen molar-refractivity contribution >= 4 is 35.3 Å². The molecule has 1 aliphatic rings. The van der Waals surface area contributed by atoms with Crippen molar-refractivity contribution in [1.29, 1.82) is 0 Å². The number of esters is 1. The zero-order valence-corrected chi connectivity index (χ0v) is 20.1. The summed E-state index contributed by atoms with van der Waals surface area (Å²) >= 11 is 7.34. The van der Waals surface area contributed by atoms with Gasteiger partial charge in [-0.1, -0.05) is 60.1 Å². The maximum atomic E-state index is 12.3. The fourth-order valence-corrected chi connectivity index (χ4v) is 6.20. The quantitative estimate of drug-likeness (QED) is 0.384. The Morgan fingerprint density at radius 2 is 1.59 bits per heavy atom. The summed E-state index contributed by atoms with van der Waals surface area (Å²) in [4.78, 5) is 25.1. The third-order valence-electron chi connectivity index (χ3n) is 6.34. The molecule has 34 heavy (non-hydrogen) atoms. The van der Waals surface area contributed by atoms with Gasteiger partial charge >= 0.3 is 11.9 Å². The van der Waals surface area contributed by atoms with Crippen LogP contribution in [0.15, 0.2) is 77.7 Å². The number of carbonyl (C=O) groups excluding carboxylic acids is 1. The van der Waals surface area contributed by atoms with E-state index in [0.717, 1.165) is 11.1 Å². The number of methoxy groups -OCH3 is 1. The lowest BCUT2D eigenvalue weighted by Crippen LogP contribution is -2.29. The van der Waals surface area contributed by atoms with Crippen molar-refractivity contribution in [3.8, 4) is 11.1 Å². The Balaban J connectivity index is 1.53. The molecule has 1 unspecified atom stereocenters. The topological polar surface area (TPSA) is 83.8 Å². The highest BCUT2D eigenvalue weighted by Gasteiger charge is 2.45. The van der Waals surface area contributed by atoms with Crippen LogP contribution < -0.4 is 0 Å². The molecule has 0 radical (unpaired) electrons. The lowest BCUT2D eigenvalue weighted by atomic mass is 9.86. The zero-order chi connectivity index (χ0) is 24.2. The van der Waals surface area contributed by atoms with Gasteiger partial charge in [-0.05, 0) is 53.8 Å². The lowest BCUT2D eigenvalue weighted by molar-refractivity contribution is -0.144. The second-order valence-corrected chi connectivity index (χ2v) is 10.0. The summed E-state index contributed by atoms with van der Waals surface area (Å²) in [6, 6.07) is 22.1. The summed E-state index contributed by atoms with van der Waals surface area (Å²) in [6.07, 6.45) is 0.304. The van der Waals surface area contributed by atoms with E-state index in [1.54, 1.807) is 18.2 Å². The molecule has 4 atom stereocenters. The Bertz CT molecular complexity index is 1160. The maximum Gasteiger partial charge on any atom is 0.338 e. The Hall–Kier alpha value is -2.80. The van der Waals surface area contributed by atoms with E-state index in [1.807, 2.05) is 54.6 Å². The molecule has 0 heterocycles. The molecule has 0 saturated heterocycles. The number of hydrogen-bond donors (Lipinski definition) is 2. The molecule has 3 aromatic carbocycles. The Morgan fingerprint density at radius 3 is 2.21 bits per heavy atom. The largest absolute Gasteiger partial charge is 0.481 e. The number of carboxylic acid groups (broad SMARTS) is 1. The van der Waals surface area contributed by atoms with Crippen molar-refractivity contribution in [3.05, 3.63) is 88.9 Å². The second-order valence-electron chi connectivity index (χ2n) is 8.32. The number of carboxylic acids is 1. The van der Waals surface area contributed by atoms with Gasteiger partial charge in [-0.2, -0.15) is 0 Å². The van der Waals surface area contributed by atoms with Crippen LogP contribution >= 0.6 is 23.4 Å². The lowest BCUT2D eigenvalue weighted by Gasteiger charge is -2.25. The van der Waals surface area contributed by atoms with Crippen LogP contribution in [0.25, 0.3) is 11.1 Å². The van der Waals surface area contributed by atoms with E-state index >= 15 is 0 Å². The van der Waals surface area contributed by atoms with Gasteiger partial charge in [0.25, 0.3) is 0 Å². The van der Waals surface area contributed by atoms with E-state index in [1.165, 1.54) is 18.9 Å². The number of thioether (sulfide) groups is 1. The van der Waals surface area contributed by atoms with Gasteiger partial charge in [-0.3, -0.25) is 4.79 Å². The standard InChI is InChI=1S/C27H25ClO5S/c1-33-27(32)20-4-2-3-5-22(20)34-23-15-14-21(24(23)26(30)31)25(29)18-8-6-16(7-9-18)17-10-12-19(28)13-11-17/h2-13,21,23-25,29H,14-15H2,1H3,(H,30,31)/t21-,23-,24+,25?/m0/s1. The molecule has 5 nitrogen and oxygen atoms in total. The summed E-state index contributed by atoms with van der Waals surface area (Å²) in [5.74, 6) is -2.57. The SMILES string of the molecule is COC(=O)c1ccccc1S[C@H]1CC[C@H](C(O)c2ccc(-c3ccc(Cl)cc3)cc2)[C@H]1C(=O)O. The van der Waals surface area contributed by atoms with Gasteiger partial charge in [0.05, 0.1) is 24.7 Å². The number of carbonyl (C=O) groups is 2. The highest BCUT2D eigenvalue weighted by atomic mass is 35.5. The van der Waals surface area contributed by atoms with E-state index in [2.05, 4.69) is 0 Å². The van der Waals surface area contributed by atoms with Gasteiger partial charge in [0.2, 0.25) is 0 Å². The first-order valence-electron chi connectivity index (χ1n) is 11.0. The van der Waals surface area contributed by atoms with Crippen LogP contribution in [0, 0.1) is 11.8 Å². The van der Waals surface area contributed by atoms with E-state index in [4.69, 9.17) is 16.3 Å². The normalized spacial score (nSPS) is 20.6. The minimum absolute atomic E-state index is 0.267. The highest BCUT2D eigenvalue weighted by molar-refractivity contribution is 8.00. The number of aliphatic hydroxyl groups excluding tert-OH is 1. The molecular formula is C27H25ClO5S. The summed E-state index contributed by atoms with van der Waals surface area (Å²) in [6.45, 7) is 0.